The van der Waals surface area contributed by atoms with Gasteiger partial charge in [0, 0.05) is 24.4 Å². The minimum Gasteiger partial charge on any atom is -0.437 e. The van der Waals surface area contributed by atoms with Crippen LogP contribution in [0.4, 0.5) is 8.78 Å². The second-order valence-electron chi connectivity index (χ2n) is 5.50. The molecule has 24 heavy (non-hydrogen) atoms. The Bertz CT molecular complexity index is 728. The molecule has 0 spiro atoms. The highest BCUT2D eigenvalue weighted by Crippen LogP contribution is 2.33. The van der Waals surface area contributed by atoms with E-state index >= 15 is 0 Å². The number of ether oxygens (including phenoxy) is 1. The van der Waals surface area contributed by atoms with Gasteiger partial charge in [-0.15, -0.1) is 0 Å². The molecule has 6 nitrogen and oxygen atoms in total. The van der Waals surface area contributed by atoms with Crippen molar-refractivity contribution in [2.24, 2.45) is 0 Å². The minimum absolute atomic E-state index is 0.201. The molecule has 1 saturated heterocycles. The number of amides is 1. The summed E-state index contributed by atoms with van der Waals surface area (Å²) in [5.74, 6) is -2.97. The van der Waals surface area contributed by atoms with Crippen molar-refractivity contribution >= 4 is 5.91 Å². The molecule has 3 rings (SSSR count). The molecule has 1 aromatic carbocycles. The third-order valence-corrected chi connectivity index (χ3v) is 3.69. The van der Waals surface area contributed by atoms with Crippen LogP contribution in [0.25, 0.3) is 0 Å². The molecule has 1 aromatic heterocycles. The highest BCUT2D eigenvalue weighted by atomic mass is 19.3. The van der Waals surface area contributed by atoms with E-state index < -0.39 is 37.4 Å². The second-order valence-corrected chi connectivity index (χ2v) is 5.50. The number of alkyl halides is 2. The fourth-order valence-electron chi connectivity index (χ4n) is 2.62. The summed E-state index contributed by atoms with van der Waals surface area (Å²) >= 11 is 0. The van der Waals surface area contributed by atoms with Crippen LogP contribution in [0.15, 0.2) is 42.9 Å². The molecule has 0 bridgehead atoms. The fraction of sp³-hybridized carbons (Fsp3) is 0.312. The van der Waals surface area contributed by atoms with Gasteiger partial charge in [0.15, 0.2) is 0 Å². The molecular formula is C16H15F2N3O3. The normalized spacial score (nSPS) is 19.3. The summed E-state index contributed by atoms with van der Waals surface area (Å²) in [6.45, 7) is -1.20. The van der Waals surface area contributed by atoms with Crippen molar-refractivity contribution < 1.29 is 23.4 Å². The zero-order valence-electron chi connectivity index (χ0n) is 12.6. The number of aliphatic hydroxyl groups excluding tert-OH is 1. The van der Waals surface area contributed by atoms with Gasteiger partial charge < -0.3 is 14.7 Å². The van der Waals surface area contributed by atoms with Gasteiger partial charge in [-0.2, -0.15) is 0 Å². The van der Waals surface area contributed by atoms with Crippen LogP contribution in [0.5, 0.6) is 11.6 Å². The highest BCUT2D eigenvalue weighted by molar-refractivity contribution is 5.95. The third kappa shape index (κ3) is 3.48. The lowest BCUT2D eigenvalue weighted by atomic mass is 10.1. The Labute approximate surface area is 136 Å². The number of hydrogen-bond donors (Lipinski definition) is 1. The molecule has 2 heterocycles. The Hall–Kier alpha value is -2.61. The Kier molecular flexibility index (Phi) is 4.39. The van der Waals surface area contributed by atoms with Crippen LogP contribution >= 0.6 is 0 Å². The van der Waals surface area contributed by atoms with Gasteiger partial charge >= 0.3 is 0 Å². The van der Waals surface area contributed by atoms with Gasteiger partial charge in [-0.1, -0.05) is 6.07 Å². The van der Waals surface area contributed by atoms with Gasteiger partial charge in [0.05, 0.1) is 25.4 Å². The Morgan fingerprint density at radius 2 is 2.25 bits per heavy atom. The Morgan fingerprint density at radius 1 is 1.42 bits per heavy atom. The molecule has 1 fully saturated rings. The van der Waals surface area contributed by atoms with Crippen LogP contribution in [0.3, 0.4) is 0 Å². The molecule has 1 aliphatic heterocycles. The number of likely N-dealkylation sites (tertiary alicyclic amines) is 1. The van der Waals surface area contributed by atoms with Crippen molar-refractivity contribution in [3.63, 3.8) is 0 Å². The van der Waals surface area contributed by atoms with Gasteiger partial charge in [0.25, 0.3) is 11.8 Å². The third-order valence-electron chi connectivity index (χ3n) is 3.69. The Balaban J connectivity index is 1.79. The number of carbonyl (C=O) groups is 1. The number of nitrogens with zero attached hydrogens (tertiary/aromatic N) is 3. The molecular weight excluding hydrogens is 320 g/mol. The molecule has 1 unspecified atom stereocenters. The van der Waals surface area contributed by atoms with E-state index in [1.54, 1.807) is 12.1 Å². The largest absolute Gasteiger partial charge is 0.437 e. The minimum atomic E-state index is -2.99. The fourth-order valence-corrected chi connectivity index (χ4v) is 2.62. The van der Waals surface area contributed by atoms with Crippen molar-refractivity contribution in [1.29, 1.82) is 0 Å². The molecule has 0 aliphatic carbocycles. The summed E-state index contributed by atoms with van der Waals surface area (Å²) in [7, 11) is 0. The number of aliphatic hydroxyl groups is 1. The first-order valence-corrected chi connectivity index (χ1v) is 7.32. The molecule has 2 aromatic rings. The zero-order chi connectivity index (χ0) is 17.2. The van der Waals surface area contributed by atoms with E-state index in [0.717, 1.165) is 4.90 Å². The van der Waals surface area contributed by atoms with Gasteiger partial charge in [-0.3, -0.25) is 9.78 Å². The molecule has 8 heteroatoms. The van der Waals surface area contributed by atoms with Crippen molar-refractivity contribution in [2.75, 3.05) is 13.2 Å². The SMILES string of the molecule is O=C(c1cccc(Oc2cnccn2)c1)N1CC(F)(F)CC1CO. The maximum Gasteiger partial charge on any atom is 0.267 e. The Morgan fingerprint density at radius 3 is 2.96 bits per heavy atom. The molecule has 1 amide bonds. The van der Waals surface area contributed by atoms with E-state index in [1.165, 1.54) is 30.7 Å². The van der Waals surface area contributed by atoms with Crippen molar-refractivity contribution in [3.05, 3.63) is 48.4 Å². The van der Waals surface area contributed by atoms with E-state index in [-0.39, 0.29) is 11.4 Å². The van der Waals surface area contributed by atoms with Crippen LogP contribution in [-0.4, -0.2) is 51.0 Å². The number of carbonyl (C=O) groups excluding carboxylic acids is 1. The number of benzene rings is 1. The summed E-state index contributed by atoms with van der Waals surface area (Å²) in [6.07, 6.45) is 3.83. The first kappa shape index (κ1) is 16.3. The monoisotopic (exact) mass is 335 g/mol. The van der Waals surface area contributed by atoms with Crippen molar-refractivity contribution in [1.82, 2.24) is 14.9 Å². The van der Waals surface area contributed by atoms with Gasteiger partial charge in [0.2, 0.25) is 5.88 Å². The maximum atomic E-state index is 13.5. The lowest BCUT2D eigenvalue weighted by molar-refractivity contribution is 0.0116. The predicted molar refractivity (Wildman–Crippen MR) is 80.0 cm³/mol. The summed E-state index contributed by atoms with van der Waals surface area (Å²) in [5.41, 5.74) is 0.201. The molecule has 0 saturated carbocycles. The van der Waals surface area contributed by atoms with E-state index in [0.29, 0.717) is 5.75 Å². The number of aromatic nitrogens is 2. The van der Waals surface area contributed by atoms with Crippen LogP contribution < -0.4 is 4.74 Å². The summed E-state index contributed by atoms with van der Waals surface area (Å²) < 4.78 is 32.5. The zero-order valence-corrected chi connectivity index (χ0v) is 12.6. The van der Waals surface area contributed by atoms with Crippen LogP contribution in [-0.2, 0) is 0 Å². The summed E-state index contributed by atoms with van der Waals surface area (Å²) in [4.78, 5) is 21.3. The van der Waals surface area contributed by atoms with Crippen molar-refractivity contribution in [2.45, 2.75) is 18.4 Å². The number of halogens is 2. The van der Waals surface area contributed by atoms with Crippen molar-refractivity contribution in [3.8, 4) is 11.6 Å². The number of hydrogen-bond acceptors (Lipinski definition) is 5. The van der Waals surface area contributed by atoms with Crippen LogP contribution in [0.1, 0.15) is 16.8 Å². The smallest absolute Gasteiger partial charge is 0.267 e. The first-order valence-electron chi connectivity index (χ1n) is 7.32. The lowest BCUT2D eigenvalue weighted by Gasteiger charge is -2.22. The predicted octanol–water partition coefficient (Wildman–Crippen LogP) is 2.11. The molecule has 1 N–H and O–H groups in total. The first-order chi connectivity index (χ1) is 11.5. The highest BCUT2D eigenvalue weighted by Gasteiger charge is 2.46. The molecule has 126 valence electrons. The van der Waals surface area contributed by atoms with Gasteiger partial charge in [-0.25, -0.2) is 13.8 Å². The average molecular weight is 335 g/mol. The van der Waals surface area contributed by atoms with E-state index in [9.17, 15) is 18.7 Å². The van der Waals surface area contributed by atoms with E-state index in [4.69, 9.17) is 4.74 Å². The van der Waals surface area contributed by atoms with Gasteiger partial charge in [0.1, 0.15) is 5.75 Å². The maximum absolute atomic E-state index is 13.5. The second kappa shape index (κ2) is 6.48. The molecule has 1 atom stereocenters. The topological polar surface area (TPSA) is 75.5 Å². The summed E-state index contributed by atoms with van der Waals surface area (Å²) in [6, 6.07) is 5.27. The van der Waals surface area contributed by atoms with Crippen LogP contribution in [0.2, 0.25) is 0 Å². The quantitative estimate of drug-likeness (QED) is 0.926. The number of rotatable bonds is 4. The van der Waals surface area contributed by atoms with Gasteiger partial charge in [-0.05, 0) is 18.2 Å². The lowest BCUT2D eigenvalue weighted by Crippen LogP contribution is -2.38. The molecule has 0 radical (unpaired) electrons. The van der Waals surface area contributed by atoms with E-state index in [1.807, 2.05) is 0 Å². The standard InChI is InChI=1S/C16H15F2N3O3/c17-16(18)7-12(9-22)21(10-16)15(23)11-2-1-3-13(6-11)24-14-8-19-4-5-20-14/h1-6,8,12,22H,7,9-10H2. The average Bonchev–Trinajstić information content (AvgIpc) is 2.90. The van der Waals surface area contributed by atoms with Crippen LogP contribution in [0, 0.1) is 0 Å². The summed E-state index contributed by atoms with van der Waals surface area (Å²) in [5, 5.41) is 9.25. The van der Waals surface area contributed by atoms with E-state index in [2.05, 4.69) is 9.97 Å². The molecule has 1 aliphatic rings.